The Labute approximate surface area is 124 Å². The van der Waals surface area contributed by atoms with Crippen LogP contribution in [0, 0.1) is 0 Å². The monoisotopic (exact) mass is 297 g/mol. The minimum atomic E-state index is -0.580. The molecule has 2 unspecified atom stereocenters. The summed E-state index contributed by atoms with van der Waals surface area (Å²) >= 11 is 0. The van der Waals surface area contributed by atoms with E-state index in [-0.39, 0.29) is 30.3 Å². The molecule has 20 heavy (non-hydrogen) atoms. The SMILES string of the molecule is CN1CC(NC(=O)C(N)Cc2ccccc2)CC1=O.Cl. The van der Waals surface area contributed by atoms with E-state index in [1.807, 2.05) is 30.3 Å². The van der Waals surface area contributed by atoms with E-state index in [1.54, 1.807) is 11.9 Å². The molecule has 1 aliphatic rings. The second kappa shape index (κ2) is 7.26. The van der Waals surface area contributed by atoms with Gasteiger partial charge in [-0.05, 0) is 12.0 Å². The van der Waals surface area contributed by atoms with Crippen LogP contribution >= 0.6 is 12.4 Å². The Morgan fingerprint density at radius 2 is 2.10 bits per heavy atom. The normalized spacial score (nSPS) is 19.4. The number of carbonyl (C=O) groups excluding carboxylic acids is 2. The Morgan fingerprint density at radius 3 is 2.65 bits per heavy atom. The number of rotatable bonds is 4. The van der Waals surface area contributed by atoms with Crippen LogP contribution in [0.3, 0.4) is 0 Å². The molecule has 0 aliphatic carbocycles. The Bertz CT molecular complexity index is 467. The van der Waals surface area contributed by atoms with Crippen molar-refractivity contribution in [3.63, 3.8) is 0 Å². The number of nitrogens with zero attached hydrogens (tertiary/aromatic N) is 1. The summed E-state index contributed by atoms with van der Waals surface area (Å²) in [5, 5.41) is 2.83. The number of likely N-dealkylation sites (tertiary alicyclic amines) is 1. The van der Waals surface area contributed by atoms with E-state index in [9.17, 15) is 9.59 Å². The number of amides is 2. The van der Waals surface area contributed by atoms with Gasteiger partial charge in [0.05, 0.1) is 12.1 Å². The van der Waals surface area contributed by atoms with Gasteiger partial charge in [0, 0.05) is 20.0 Å². The third-order valence-electron chi connectivity index (χ3n) is 3.32. The molecular weight excluding hydrogens is 278 g/mol. The molecule has 2 atom stereocenters. The van der Waals surface area contributed by atoms with Crippen LogP contribution in [0.4, 0.5) is 0 Å². The second-order valence-corrected chi connectivity index (χ2v) is 4.98. The zero-order valence-electron chi connectivity index (χ0n) is 11.4. The van der Waals surface area contributed by atoms with E-state index >= 15 is 0 Å². The van der Waals surface area contributed by atoms with Crippen LogP contribution in [0.5, 0.6) is 0 Å². The standard InChI is InChI=1S/C14H19N3O2.ClH/c1-17-9-11(8-13(17)18)16-14(19)12(15)7-10-5-3-2-4-6-10;/h2-6,11-12H,7-9,15H2,1H3,(H,16,19);1H. The molecule has 5 nitrogen and oxygen atoms in total. The quantitative estimate of drug-likeness (QED) is 0.841. The summed E-state index contributed by atoms with van der Waals surface area (Å²) in [4.78, 5) is 24.9. The Hall–Kier alpha value is -1.59. The van der Waals surface area contributed by atoms with Crippen molar-refractivity contribution in [3.05, 3.63) is 35.9 Å². The average molecular weight is 298 g/mol. The largest absolute Gasteiger partial charge is 0.350 e. The van der Waals surface area contributed by atoms with E-state index in [0.717, 1.165) is 5.56 Å². The van der Waals surface area contributed by atoms with Gasteiger partial charge in [0.25, 0.3) is 0 Å². The lowest BCUT2D eigenvalue weighted by atomic mass is 10.1. The molecule has 2 amide bonds. The van der Waals surface area contributed by atoms with Gasteiger partial charge in [0.1, 0.15) is 0 Å². The molecule has 0 radical (unpaired) electrons. The number of nitrogens with two attached hydrogens (primary N) is 1. The molecule has 6 heteroatoms. The van der Waals surface area contributed by atoms with Gasteiger partial charge in [-0.3, -0.25) is 9.59 Å². The van der Waals surface area contributed by atoms with Crippen LogP contribution in [-0.4, -0.2) is 42.4 Å². The molecule has 1 aliphatic heterocycles. The summed E-state index contributed by atoms with van der Waals surface area (Å²) in [6.45, 7) is 0.558. The first kappa shape index (κ1) is 16.5. The predicted molar refractivity (Wildman–Crippen MR) is 79.6 cm³/mol. The number of carbonyl (C=O) groups is 2. The zero-order chi connectivity index (χ0) is 13.8. The second-order valence-electron chi connectivity index (χ2n) is 4.98. The highest BCUT2D eigenvalue weighted by Crippen LogP contribution is 2.09. The number of benzene rings is 1. The first-order chi connectivity index (χ1) is 9.06. The summed E-state index contributed by atoms with van der Waals surface area (Å²) in [7, 11) is 1.73. The van der Waals surface area contributed by atoms with E-state index in [4.69, 9.17) is 5.73 Å². The molecule has 2 rings (SSSR count). The van der Waals surface area contributed by atoms with E-state index < -0.39 is 6.04 Å². The van der Waals surface area contributed by atoms with Crippen molar-refractivity contribution < 1.29 is 9.59 Å². The molecular formula is C14H20ClN3O2. The number of halogens is 1. The maximum atomic E-state index is 12.0. The summed E-state index contributed by atoms with van der Waals surface area (Å²) in [6, 6.07) is 8.96. The Kier molecular flexibility index (Phi) is 5.98. The van der Waals surface area contributed by atoms with Crippen molar-refractivity contribution in [1.82, 2.24) is 10.2 Å². The molecule has 0 spiro atoms. The summed E-state index contributed by atoms with van der Waals surface area (Å²) in [5.41, 5.74) is 6.92. The number of nitrogens with one attached hydrogen (secondary N) is 1. The number of likely N-dealkylation sites (N-methyl/N-ethyl adjacent to an activating group) is 1. The van der Waals surface area contributed by atoms with Gasteiger partial charge in [-0.1, -0.05) is 30.3 Å². The Morgan fingerprint density at radius 1 is 1.45 bits per heavy atom. The lowest BCUT2D eigenvalue weighted by molar-refractivity contribution is -0.126. The van der Waals surface area contributed by atoms with Gasteiger partial charge >= 0.3 is 0 Å². The minimum Gasteiger partial charge on any atom is -0.350 e. The highest BCUT2D eigenvalue weighted by molar-refractivity contribution is 5.85. The van der Waals surface area contributed by atoms with Crippen molar-refractivity contribution in [2.24, 2.45) is 5.73 Å². The predicted octanol–water partition coefficient (Wildman–Crippen LogP) is 0.325. The molecule has 1 aromatic rings. The first-order valence-electron chi connectivity index (χ1n) is 6.40. The number of hydrogen-bond acceptors (Lipinski definition) is 3. The van der Waals surface area contributed by atoms with Crippen molar-refractivity contribution in [2.75, 3.05) is 13.6 Å². The van der Waals surface area contributed by atoms with Crippen LogP contribution in [0.2, 0.25) is 0 Å². The topological polar surface area (TPSA) is 75.4 Å². The minimum absolute atomic E-state index is 0. The number of hydrogen-bond donors (Lipinski definition) is 2. The molecule has 1 saturated heterocycles. The first-order valence-corrected chi connectivity index (χ1v) is 6.40. The Balaban J connectivity index is 0.00000200. The highest BCUT2D eigenvalue weighted by atomic mass is 35.5. The summed E-state index contributed by atoms with van der Waals surface area (Å²) in [6.07, 6.45) is 0.865. The summed E-state index contributed by atoms with van der Waals surface area (Å²) in [5.74, 6) is -0.140. The molecule has 1 heterocycles. The highest BCUT2D eigenvalue weighted by Gasteiger charge is 2.29. The van der Waals surface area contributed by atoms with Crippen molar-refractivity contribution >= 4 is 24.2 Å². The fraction of sp³-hybridized carbons (Fsp3) is 0.429. The molecule has 0 aromatic heterocycles. The molecule has 1 fully saturated rings. The van der Waals surface area contributed by atoms with Crippen LogP contribution in [0.15, 0.2) is 30.3 Å². The van der Waals surface area contributed by atoms with Crippen molar-refractivity contribution in [3.8, 4) is 0 Å². The molecule has 0 saturated carbocycles. The van der Waals surface area contributed by atoms with Crippen LogP contribution in [-0.2, 0) is 16.0 Å². The smallest absolute Gasteiger partial charge is 0.237 e. The molecule has 1 aromatic carbocycles. The van der Waals surface area contributed by atoms with Crippen LogP contribution < -0.4 is 11.1 Å². The summed E-state index contributed by atoms with van der Waals surface area (Å²) < 4.78 is 0. The van der Waals surface area contributed by atoms with E-state index in [1.165, 1.54) is 0 Å². The lowest BCUT2D eigenvalue weighted by Crippen LogP contribution is -2.47. The lowest BCUT2D eigenvalue weighted by Gasteiger charge is -2.16. The van der Waals surface area contributed by atoms with Gasteiger partial charge in [-0.25, -0.2) is 0 Å². The van der Waals surface area contributed by atoms with E-state index in [0.29, 0.717) is 19.4 Å². The fourth-order valence-corrected chi connectivity index (χ4v) is 2.23. The van der Waals surface area contributed by atoms with Crippen molar-refractivity contribution in [2.45, 2.75) is 24.9 Å². The third kappa shape index (κ3) is 4.21. The van der Waals surface area contributed by atoms with Gasteiger partial charge in [0.2, 0.25) is 11.8 Å². The maximum Gasteiger partial charge on any atom is 0.237 e. The zero-order valence-corrected chi connectivity index (χ0v) is 12.2. The van der Waals surface area contributed by atoms with Crippen LogP contribution in [0.1, 0.15) is 12.0 Å². The van der Waals surface area contributed by atoms with Crippen LogP contribution in [0.25, 0.3) is 0 Å². The van der Waals surface area contributed by atoms with Gasteiger partial charge in [-0.15, -0.1) is 12.4 Å². The van der Waals surface area contributed by atoms with Gasteiger partial charge in [-0.2, -0.15) is 0 Å². The van der Waals surface area contributed by atoms with E-state index in [2.05, 4.69) is 5.32 Å². The molecule has 3 N–H and O–H groups in total. The van der Waals surface area contributed by atoms with Crippen molar-refractivity contribution in [1.29, 1.82) is 0 Å². The third-order valence-corrected chi connectivity index (χ3v) is 3.32. The molecule has 110 valence electrons. The average Bonchev–Trinajstić information content (AvgIpc) is 2.69. The molecule has 0 bridgehead atoms. The van der Waals surface area contributed by atoms with Gasteiger partial charge in [0.15, 0.2) is 0 Å². The fourth-order valence-electron chi connectivity index (χ4n) is 2.23. The van der Waals surface area contributed by atoms with Gasteiger partial charge < -0.3 is 16.0 Å². The maximum absolute atomic E-state index is 12.0.